The van der Waals surface area contributed by atoms with Crippen LogP contribution in [-0.2, 0) is 0 Å². The average Bonchev–Trinajstić information content (AvgIpc) is 2.11. The van der Waals surface area contributed by atoms with Crippen molar-refractivity contribution in [3.8, 4) is 0 Å². The summed E-state index contributed by atoms with van der Waals surface area (Å²) in [6.07, 6.45) is 4.01. The van der Waals surface area contributed by atoms with Gasteiger partial charge in [-0.05, 0) is 26.7 Å². The van der Waals surface area contributed by atoms with Gasteiger partial charge in [-0.2, -0.15) is 0 Å². The minimum Gasteiger partial charge on any atom is -0.320 e. The maximum Gasteiger partial charge on any atom is 0.0269 e. The smallest absolute Gasteiger partial charge is 0.0269 e. The number of nitrogens with one attached hydrogen (secondary N) is 1. The van der Waals surface area contributed by atoms with Gasteiger partial charge in [0.15, 0.2) is 0 Å². The Balaban J connectivity index is -0.000000137. The number of nitrogens with zero attached hydrogens (tertiary/aromatic N) is 1. The molecule has 0 aliphatic carbocycles. The number of unbranched alkanes of at least 4 members (excludes halogenated alkanes) is 2. The van der Waals surface area contributed by atoms with E-state index in [1.54, 1.807) is 7.05 Å². The molecule has 0 rings (SSSR count). The van der Waals surface area contributed by atoms with Crippen LogP contribution in [0.4, 0.5) is 0 Å². The summed E-state index contributed by atoms with van der Waals surface area (Å²) in [5.41, 5.74) is 0. The Morgan fingerprint density at radius 1 is 1.25 bits per heavy atom. The number of hydrogen-bond acceptors (Lipinski definition) is 2. The maximum absolute atomic E-state index is 3.25. The molecule has 0 amide bonds. The standard InChI is InChI=1S/C6H15N.C2H5N.C2H6/c1-3-4-5-6-7-2;1-3-2;1-2/h7H,3-6H2,1-2H3;1H2,2H3;1-2H3. The molecule has 2 nitrogen and oxygen atoms in total. The van der Waals surface area contributed by atoms with Crippen LogP contribution >= 0.6 is 0 Å². The zero-order chi connectivity index (χ0) is 10.2. The summed E-state index contributed by atoms with van der Waals surface area (Å²) in [6.45, 7) is 10.5. The summed E-state index contributed by atoms with van der Waals surface area (Å²) in [4.78, 5) is 3.25. The van der Waals surface area contributed by atoms with E-state index in [9.17, 15) is 0 Å². The molecule has 0 aliphatic rings. The lowest BCUT2D eigenvalue weighted by Crippen LogP contribution is -2.06. The van der Waals surface area contributed by atoms with Gasteiger partial charge in [0.05, 0.1) is 0 Å². The largest absolute Gasteiger partial charge is 0.320 e. The van der Waals surface area contributed by atoms with Gasteiger partial charge in [-0.15, -0.1) is 0 Å². The van der Waals surface area contributed by atoms with Crippen LogP contribution in [0.1, 0.15) is 40.0 Å². The molecule has 0 heterocycles. The molecule has 12 heavy (non-hydrogen) atoms. The van der Waals surface area contributed by atoms with Crippen LogP contribution in [0.3, 0.4) is 0 Å². The number of aliphatic imine (C=N–C) groups is 1. The molecule has 0 saturated carbocycles. The second-order valence-corrected chi connectivity index (χ2v) is 2.13. The molecule has 0 aromatic carbocycles. The Labute approximate surface area is 78.5 Å². The van der Waals surface area contributed by atoms with Gasteiger partial charge in [-0.25, -0.2) is 0 Å². The van der Waals surface area contributed by atoms with Crippen LogP contribution in [-0.4, -0.2) is 27.4 Å². The van der Waals surface area contributed by atoms with Crippen molar-refractivity contribution in [3.05, 3.63) is 0 Å². The normalized spacial score (nSPS) is 7.08. The molecular weight excluding hydrogens is 148 g/mol. The van der Waals surface area contributed by atoms with E-state index in [1.807, 2.05) is 20.9 Å². The molecule has 0 unspecified atom stereocenters. The number of rotatable bonds is 4. The third-order valence-electron chi connectivity index (χ3n) is 1.03. The van der Waals surface area contributed by atoms with Crippen molar-refractivity contribution in [1.29, 1.82) is 0 Å². The fraction of sp³-hybridized carbons (Fsp3) is 0.900. The topological polar surface area (TPSA) is 24.4 Å². The Kier molecular flexibility index (Phi) is 45.7. The molecular formula is C10H26N2. The zero-order valence-electron chi connectivity index (χ0n) is 9.48. The first kappa shape index (κ1) is 17.6. The van der Waals surface area contributed by atoms with E-state index >= 15 is 0 Å². The minimum absolute atomic E-state index is 1.17. The van der Waals surface area contributed by atoms with Gasteiger partial charge in [0.1, 0.15) is 0 Å². The van der Waals surface area contributed by atoms with E-state index < -0.39 is 0 Å². The lowest BCUT2D eigenvalue weighted by atomic mass is 10.2. The van der Waals surface area contributed by atoms with Crippen molar-refractivity contribution in [1.82, 2.24) is 5.32 Å². The average molecular weight is 174 g/mol. The summed E-state index contributed by atoms with van der Waals surface area (Å²) in [5, 5.41) is 3.10. The van der Waals surface area contributed by atoms with E-state index in [-0.39, 0.29) is 0 Å². The van der Waals surface area contributed by atoms with Gasteiger partial charge < -0.3 is 10.3 Å². The highest BCUT2D eigenvalue weighted by Gasteiger charge is 1.78. The Hall–Kier alpha value is -0.370. The molecule has 0 atom stereocenters. The maximum atomic E-state index is 3.25. The second kappa shape index (κ2) is 31.1. The quantitative estimate of drug-likeness (QED) is 0.514. The highest BCUT2D eigenvalue weighted by atomic mass is 14.8. The summed E-state index contributed by atoms with van der Waals surface area (Å²) >= 11 is 0. The van der Waals surface area contributed by atoms with Gasteiger partial charge in [0.2, 0.25) is 0 Å². The van der Waals surface area contributed by atoms with Crippen LogP contribution in [0.5, 0.6) is 0 Å². The first-order valence-electron chi connectivity index (χ1n) is 4.82. The molecule has 2 heteroatoms. The van der Waals surface area contributed by atoms with Crippen LogP contribution in [0.15, 0.2) is 4.99 Å². The predicted molar refractivity (Wildman–Crippen MR) is 60.3 cm³/mol. The van der Waals surface area contributed by atoms with Crippen LogP contribution in [0.25, 0.3) is 0 Å². The van der Waals surface area contributed by atoms with Gasteiger partial charge in [-0.1, -0.05) is 33.6 Å². The van der Waals surface area contributed by atoms with Crippen LogP contribution in [0.2, 0.25) is 0 Å². The summed E-state index contributed by atoms with van der Waals surface area (Å²) in [5.74, 6) is 0. The fourth-order valence-electron chi connectivity index (χ4n) is 0.552. The van der Waals surface area contributed by atoms with Gasteiger partial charge in [0, 0.05) is 7.05 Å². The van der Waals surface area contributed by atoms with Crippen molar-refractivity contribution >= 4 is 6.72 Å². The van der Waals surface area contributed by atoms with E-state index in [0.717, 1.165) is 0 Å². The molecule has 0 radical (unpaired) electrons. The monoisotopic (exact) mass is 174 g/mol. The van der Waals surface area contributed by atoms with Gasteiger partial charge in [-0.3, -0.25) is 0 Å². The molecule has 0 aliphatic heterocycles. The fourth-order valence-corrected chi connectivity index (χ4v) is 0.552. The Bertz CT molecular complexity index is 49.8. The van der Waals surface area contributed by atoms with Crippen molar-refractivity contribution in [2.24, 2.45) is 4.99 Å². The zero-order valence-corrected chi connectivity index (χ0v) is 9.48. The predicted octanol–water partition coefficient (Wildman–Crippen LogP) is 2.74. The van der Waals surface area contributed by atoms with Crippen LogP contribution in [0, 0.1) is 0 Å². The van der Waals surface area contributed by atoms with E-state index in [0.29, 0.717) is 0 Å². The van der Waals surface area contributed by atoms with E-state index in [1.165, 1.54) is 25.8 Å². The molecule has 0 spiro atoms. The van der Waals surface area contributed by atoms with Gasteiger partial charge in [0.25, 0.3) is 0 Å². The van der Waals surface area contributed by atoms with Crippen molar-refractivity contribution < 1.29 is 0 Å². The molecule has 0 bridgehead atoms. The van der Waals surface area contributed by atoms with Crippen LogP contribution < -0.4 is 5.32 Å². The summed E-state index contributed by atoms with van der Waals surface area (Å²) in [6, 6.07) is 0. The second-order valence-electron chi connectivity index (χ2n) is 2.13. The SMILES string of the molecule is C=NC.CC.CCCCCNC. The lowest BCUT2D eigenvalue weighted by molar-refractivity contribution is 0.667. The van der Waals surface area contributed by atoms with Crippen molar-refractivity contribution in [2.45, 2.75) is 40.0 Å². The highest BCUT2D eigenvalue weighted by molar-refractivity contribution is 5.22. The summed E-state index contributed by atoms with van der Waals surface area (Å²) in [7, 11) is 3.63. The summed E-state index contributed by atoms with van der Waals surface area (Å²) < 4.78 is 0. The van der Waals surface area contributed by atoms with Crippen molar-refractivity contribution in [3.63, 3.8) is 0 Å². The molecule has 0 aromatic heterocycles. The van der Waals surface area contributed by atoms with Gasteiger partial charge >= 0.3 is 0 Å². The first-order valence-corrected chi connectivity index (χ1v) is 4.82. The minimum atomic E-state index is 1.17. The molecule has 1 N–H and O–H groups in total. The third-order valence-corrected chi connectivity index (χ3v) is 1.03. The van der Waals surface area contributed by atoms with E-state index in [4.69, 9.17) is 0 Å². The molecule has 0 aromatic rings. The number of hydrogen-bond donors (Lipinski definition) is 1. The third kappa shape index (κ3) is 54.4. The molecule has 0 fully saturated rings. The Morgan fingerprint density at radius 2 is 1.67 bits per heavy atom. The van der Waals surface area contributed by atoms with Crippen molar-refractivity contribution in [2.75, 3.05) is 20.6 Å². The molecule has 76 valence electrons. The Morgan fingerprint density at radius 3 is 1.92 bits per heavy atom. The lowest BCUT2D eigenvalue weighted by Gasteiger charge is -1.93. The van der Waals surface area contributed by atoms with E-state index in [2.05, 4.69) is 24.0 Å². The highest BCUT2D eigenvalue weighted by Crippen LogP contribution is 1.89. The first-order chi connectivity index (χ1) is 5.83. The molecule has 0 saturated heterocycles.